The molecule has 1 aromatic carbocycles. The fourth-order valence-electron chi connectivity index (χ4n) is 4.80. The lowest BCUT2D eigenvalue weighted by atomic mass is 9.91. The van der Waals surface area contributed by atoms with Crippen LogP contribution in [0.1, 0.15) is 25.7 Å². The standard InChI is InChI=1S/C26H33N7OS/c1-3-23(34)27-18-4-6-19(7-5-18)28-25-24-22(12-17-35-24)30-26(31-25)29-20-8-10-21(11-9-20)33-15-13-32(2)14-16-33/h3,8-12,17-19H,1,4-7,13-16H2,2H3,(H,27,34)(H2,28,29,30,31). The molecule has 35 heavy (non-hydrogen) atoms. The van der Waals surface area contributed by atoms with Crippen LogP contribution >= 0.6 is 11.3 Å². The summed E-state index contributed by atoms with van der Waals surface area (Å²) >= 11 is 1.66. The second-order valence-electron chi connectivity index (χ2n) is 9.40. The minimum absolute atomic E-state index is 0.0928. The molecular weight excluding hydrogens is 458 g/mol. The SMILES string of the molecule is C=CC(=O)NC1CCC(Nc2nc(Nc3ccc(N4CCN(C)CC4)cc3)nc3ccsc23)CC1. The monoisotopic (exact) mass is 491 g/mol. The summed E-state index contributed by atoms with van der Waals surface area (Å²) in [5.74, 6) is 1.38. The van der Waals surface area contributed by atoms with Gasteiger partial charge in [-0.15, -0.1) is 11.3 Å². The maximum absolute atomic E-state index is 11.6. The highest BCUT2D eigenvalue weighted by atomic mass is 32.1. The fraction of sp³-hybridized carbons (Fsp3) is 0.423. The Bertz CT molecular complexity index is 1160. The number of amides is 1. The molecule has 0 atom stereocenters. The van der Waals surface area contributed by atoms with Crippen LogP contribution in [0.2, 0.25) is 0 Å². The van der Waals surface area contributed by atoms with E-state index in [2.05, 4.69) is 69.0 Å². The van der Waals surface area contributed by atoms with Crippen LogP contribution in [0.3, 0.4) is 0 Å². The number of carbonyl (C=O) groups is 1. The van der Waals surface area contributed by atoms with Gasteiger partial charge >= 0.3 is 0 Å². The van der Waals surface area contributed by atoms with Gasteiger partial charge in [-0.25, -0.2) is 4.98 Å². The maximum Gasteiger partial charge on any atom is 0.243 e. The summed E-state index contributed by atoms with van der Waals surface area (Å²) in [6, 6.07) is 11.1. The van der Waals surface area contributed by atoms with E-state index < -0.39 is 0 Å². The van der Waals surface area contributed by atoms with Gasteiger partial charge in [0, 0.05) is 49.6 Å². The van der Waals surface area contributed by atoms with Gasteiger partial charge in [-0.05, 0) is 74.5 Å². The van der Waals surface area contributed by atoms with E-state index in [-0.39, 0.29) is 11.9 Å². The molecule has 2 aromatic heterocycles. The van der Waals surface area contributed by atoms with E-state index in [9.17, 15) is 4.79 Å². The second kappa shape index (κ2) is 10.6. The first-order valence-electron chi connectivity index (χ1n) is 12.3. The number of hydrogen-bond acceptors (Lipinski definition) is 8. The Labute approximate surface area is 210 Å². The summed E-state index contributed by atoms with van der Waals surface area (Å²) in [4.78, 5) is 26.0. The van der Waals surface area contributed by atoms with E-state index in [1.165, 1.54) is 11.8 Å². The average molecular weight is 492 g/mol. The van der Waals surface area contributed by atoms with Crippen LogP contribution in [0.25, 0.3) is 10.2 Å². The Balaban J connectivity index is 1.25. The molecule has 1 saturated heterocycles. The van der Waals surface area contributed by atoms with Crippen LogP contribution in [0, 0.1) is 0 Å². The van der Waals surface area contributed by atoms with Gasteiger partial charge in [0.1, 0.15) is 5.82 Å². The molecular formula is C26H33N7OS. The number of nitrogens with one attached hydrogen (secondary N) is 3. The second-order valence-corrected chi connectivity index (χ2v) is 10.3. The Morgan fingerprint density at radius 2 is 1.74 bits per heavy atom. The van der Waals surface area contributed by atoms with Crippen molar-refractivity contribution in [2.75, 3.05) is 48.8 Å². The Hall–Kier alpha value is -3.17. The number of likely N-dealkylation sites (N-methyl/N-ethyl adjacent to an activating group) is 1. The normalized spacial score (nSPS) is 21.0. The lowest BCUT2D eigenvalue weighted by molar-refractivity contribution is -0.117. The summed E-state index contributed by atoms with van der Waals surface area (Å²) < 4.78 is 1.07. The van der Waals surface area contributed by atoms with Crippen molar-refractivity contribution in [1.82, 2.24) is 20.2 Å². The summed E-state index contributed by atoms with van der Waals surface area (Å²) in [6.45, 7) is 7.83. The van der Waals surface area contributed by atoms with E-state index in [0.29, 0.717) is 12.0 Å². The van der Waals surface area contributed by atoms with Crippen molar-refractivity contribution >= 4 is 50.6 Å². The summed E-state index contributed by atoms with van der Waals surface area (Å²) in [5.41, 5.74) is 3.16. The molecule has 1 saturated carbocycles. The summed E-state index contributed by atoms with van der Waals surface area (Å²) in [7, 11) is 2.17. The summed E-state index contributed by atoms with van der Waals surface area (Å²) in [5, 5.41) is 12.1. The molecule has 5 rings (SSSR count). The minimum Gasteiger partial charge on any atom is -0.369 e. The zero-order chi connectivity index (χ0) is 24.2. The number of piperazine rings is 1. The third-order valence-corrected chi connectivity index (χ3v) is 7.81. The number of benzene rings is 1. The Morgan fingerprint density at radius 3 is 2.46 bits per heavy atom. The highest BCUT2D eigenvalue weighted by molar-refractivity contribution is 7.17. The van der Waals surface area contributed by atoms with Gasteiger partial charge in [0.15, 0.2) is 0 Å². The van der Waals surface area contributed by atoms with Gasteiger partial charge in [-0.2, -0.15) is 4.98 Å². The Morgan fingerprint density at radius 1 is 1.03 bits per heavy atom. The number of fused-ring (bicyclic) bond motifs is 1. The maximum atomic E-state index is 11.6. The van der Waals surface area contributed by atoms with Gasteiger partial charge in [-0.3, -0.25) is 4.79 Å². The molecule has 9 heteroatoms. The van der Waals surface area contributed by atoms with Crippen molar-refractivity contribution in [1.29, 1.82) is 0 Å². The molecule has 0 radical (unpaired) electrons. The fourth-order valence-corrected chi connectivity index (χ4v) is 5.59. The average Bonchev–Trinajstić information content (AvgIpc) is 3.35. The number of carbonyl (C=O) groups excluding carboxylic acids is 1. The largest absolute Gasteiger partial charge is 0.369 e. The Kier molecular flexibility index (Phi) is 7.15. The minimum atomic E-state index is -0.0928. The van der Waals surface area contributed by atoms with Crippen LogP contribution in [0.5, 0.6) is 0 Å². The lowest BCUT2D eigenvalue weighted by Gasteiger charge is -2.34. The van der Waals surface area contributed by atoms with E-state index in [4.69, 9.17) is 9.97 Å². The number of thiophene rings is 1. The lowest BCUT2D eigenvalue weighted by Crippen LogP contribution is -2.44. The molecule has 3 heterocycles. The van der Waals surface area contributed by atoms with Crippen LogP contribution in [-0.2, 0) is 4.79 Å². The first kappa shape index (κ1) is 23.6. The molecule has 0 bridgehead atoms. The number of rotatable bonds is 7. The number of hydrogen-bond donors (Lipinski definition) is 3. The third-order valence-electron chi connectivity index (χ3n) is 6.90. The van der Waals surface area contributed by atoms with Gasteiger partial charge in [0.2, 0.25) is 11.9 Å². The first-order chi connectivity index (χ1) is 17.1. The zero-order valence-corrected chi connectivity index (χ0v) is 21.0. The molecule has 0 unspecified atom stereocenters. The van der Waals surface area contributed by atoms with Crippen molar-refractivity contribution in [3.8, 4) is 0 Å². The third kappa shape index (κ3) is 5.74. The van der Waals surface area contributed by atoms with Crippen LogP contribution < -0.4 is 20.9 Å². The molecule has 1 aliphatic heterocycles. The molecule has 1 amide bonds. The van der Waals surface area contributed by atoms with Crippen molar-refractivity contribution in [2.24, 2.45) is 0 Å². The molecule has 2 fully saturated rings. The van der Waals surface area contributed by atoms with Gasteiger partial charge in [-0.1, -0.05) is 6.58 Å². The van der Waals surface area contributed by atoms with Crippen LogP contribution in [0.4, 0.5) is 23.1 Å². The molecule has 1 aliphatic carbocycles. The summed E-state index contributed by atoms with van der Waals surface area (Å²) in [6.07, 6.45) is 5.19. The predicted molar refractivity (Wildman–Crippen MR) is 145 cm³/mol. The van der Waals surface area contributed by atoms with Crippen molar-refractivity contribution in [3.05, 3.63) is 48.4 Å². The number of nitrogens with zero attached hydrogens (tertiary/aromatic N) is 4. The highest BCUT2D eigenvalue weighted by Crippen LogP contribution is 2.31. The van der Waals surface area contributed by atoms with Gasteiger partial charge in [0.05, 0.1) is 10.2 Å². The van der Waals surface area contributed by atoms with Gasteiger partial charge < -0.3 is 25.8 Å². The molecule has 184 valence electrons. The van der Waals surface area contributed by atoms with Crippen molar-refractivity contribution in [2.45, 2.75) is 37.8 Å². The van der Waals surface area contributed by atoms with E-state index in [1.54, 1.807) is 11.3 Å². The first-order valence-corrected chi connectivity index (χ1v) is 13.2. The van der Waals surface area contributed by atoms with E-state index in [0.717, 1.165) is 73.6 Å². The van der Waals surface area contributed by atoms with Crippen LogP contribution in [0.15, 0.2) is 48.4 Å². The quantitative estimate of drug-likeness (QED) is 0.427. The van der Waals surface area contributed by atoms with E-state index in [1.807, 2.05) is 6.07 Å². The number of aromatic nitrogens is 2. The topological polar surface area (TPSA) is 85.4 Å². The molecule has 3 N–H and O–H groups in total. The highest BCUT2D eigenvalue weighted by Gasteiger charge is 2.23. The van der Waals surface area contributed by atoms with Crippen molar-refractivity contribution < 1.29 is 4.79 Å². The molecule has 3 aromatic rings. The zero-order valence-electron chi connectivity index (χ0n) is 20.2. The smallest absolute Gasteiger partial charge is 0.243 e. The predicted octanol–water partition coefficient (Wildman–Crippen LogP) is 4.21. The molecule has 8 nitrogen and oxygen atoms in total. The van der Waals surface area contributed by atoms with Crippen LogP contribution in [-0.4, -0.2) is 66.1 Å². The number of anilines is 4. The van der Waals surface area contributed by atoms with Gasteiger partial charge in [0.25, 0.3) is 0 Å². The van der Waals surface area contributed by atoms with E-state index >= 15 is 0 Å². The molecule has 0 spiro atoms. The van der Waals surface area contributed by atoms with Crippen molar-refractivity contribution in [3.63, 3.8) is 0 Å². The molecule has 2 aliphatic rings.